The summed E-state index contributed by atoms with van der Waals surface area (Å²) in [6, 6.07) is 0. The number of hydrogen-bond acceptors (Lipinski definition) is 4. The van der Waals surface area contributed by atoms with E-state index in [0.717, 1.165) is 12.8 Å². The predicted molar refractivity (Wildman–Crippen MR) is 72.5 cm³/mol. The van der Waals surface area contributed by atoms with E-state index < -0.39 is 0 Å². The molecule has 0 fully saturated rings. The third kappa shape index (κ3) is 3.76. The maximum atomic E-state index is 12.0. The van der Waals surface area contributed by atoms with E-state index in [2.05, 4.69) is 10.4 Å². The Balaban J connectivity index is 2.61. The fraction of sp³-hybridized carbons (Fsp3) is 0.769. The van der Waals surface area contributed by atoms with E-state index in [0.29, 0.717) is 25.1 Å². The minimum absolute atomic E-state index is 0.0468. The van der Waals surface area contributed by atoms with Gasteiger partial charge in [-0.15, -0.1) is 0 Å². The molecule has 1 heterocycles. The highest BCUT2D eigenvalue weighted by molar-refractivity contribution is 6.39. The Morgan fingerprint density at radius 2 is 2.05 bits per heavy atom. The third-order valence-electron chi connectivity index (χ3n) is 3.93. The summed E-state index contributed by atoms with van der Waals surface area (Å²) in [7, 11) is 1.55. The summed E-state index contributed by atoms with van der Waals surface area (Å²) in [6.07, 6.45) is 2.28. The molecule has 0 aromatic rings. The first-order chi connectivity index (χ1) is 8.98. The first-order valence-electron chi connectivity index (χ1n) is 6.71. The summed E-state index contributed by atoms with van der Waals surface area (Å²) < 4.78 is 0. The van der Waals surface area contributed by atoms with Crippen molar-refractivity contribution in [2.24, 2.45) is 10.5 Å². The van der Waals surface area contributed by atoms with Gasteiger partial charge < -0.3 is 10.4 Å². The van der Waals surface area contributed by atoms with Gasteiger partial charge in [-0.2, -0.15) is 5.10 Å². The van der Waals surface area contributed by atoms with Crippen LogP contribution in [-0.4, -0.2) is 47.8 Å². The van der Waals surface area contributed by atoms with Crippen LogP contribution in [0.1, 0.15) is 39.5 Å². The first-order valence-corrected chi connectivity index (χ1v) is 6.71. The molecule has 2 N–H and O–H groups in total. The van der Waals surface area contributed by atoms with Crippen LogP contribution in [0.5, 0.6) is 0 Å². The summed E-state index contributed by atoms with van der Waals surface area (Å²) in [5.41, 5.74) is 0.105. The fourth-order valence-electron chi connectivity index (χ4n) is 1.98. The molecule has 1 rings (SSSR count). The highest BCUT2D eigenvalue weighted by Crippen LogP contribution is 2.24. The average Bonchev–Trinajstić information content (AvgIpc) is 2.43. The van der Waals surface area contributed by atoms with Crippen LogP contribution >= 0.6 is 0 Å². The molecule has 1 aliphatic heterocycles. The highest BCUT2D eigenvalue weighted by atomic mass is 16.3. The Bertz CT molecular complexity index is 367. The van der Waals surface area contributed by atoms with Gasteiger partial charge in [-0.3, -0.25) is 9.59 Å². The number of nitrogens with one attached hydrogen (secondary N) is 1. The number of hydrogen-bond donors (Lipinski definition) is 2. The van der Waals surface area contributed by atoms with Crippen molar-refractivity contribution in [3.8, 4) is 0 Å². The summed E-state index contributed by atoms with van der Waals surface area (Å²) in [5, 5.41) is 17.4. The molecule has 6 heteroatoms. The molecule has 6 nitrogen and oxygen atoms in total. The second kappa shape index (κ2) is 6.65. The second-order valence-electron chi connectivity index (χ2n) is 5.01. The van der Waals surface area contributed by atoms with Crippen molar-refractivity contribution in [3.63, 3.8) is 0 Å². The molecule has 0 atom stereocenters. The summed E-state index contributed by atoms with van der Waals surface area (Å²) >= 11 is 0. The molecule has 0 aliphatic carbocycles. The summed E-state index contributed by atoms with van der Waals surface area (Å²) in [4.78, 5) is 23.3. The normalized spacial score (nSPS) is 16.3. The quantitative estimate of drug-likeness (QED) is 0.737. The van der Waals surface area contributed by atoms with Gasteiger partial charge in [-0.25, -0.2) is 5.01 Å². The van der Waals surface area contributed by atoms with Crippen molar-refractivity contribution >= 4 is 17.5 Å². The second-order valence-corrected chi connectivity index (χ2v) is 5.01. The molecule has 0 spiro atoms. The Morgan fingerprint density at radius 3 is 2.53 bits per heavy atom. The molecule has 0 saturated heterocycles. The van der Waals surface area contributed by atoms with Crippen LogP contribution in [-0.2, 0) is 9.59 Å². The van der Waals surface area contributed by atoms with E-state index in [9.17, 15) is 14.7 Å². The lowest BCUT2D eigenvalue weighted by Crippen LogP contribution is -2.43. The highest BCUT2D eigenvalue weighted by Gasteiger charge is 2.28. The van der Waals surface area contributed by atoms with E-state index in [1.165, 1.54) is 5.01 Å². The minimum Gasteiger partial charge on any atom is -0.396 e. The minimum atomic E-state index is -0.271. The van der Waals surface area contributed by atoms with Gasteiger partial charge >= 0.3 is 0 Å². The zero-order valence-corrected chi connectivity index (χ0v) is 11.9. The Hall–Kier alpha value is -1.43. The smallest absolute Gasteiger partial charge is 0.267 e. The van der Waals surface area contributed by atoms with Gasteiger partial charge in [0, 0.05) is 31.8 Å². The zero-order valence-electron chi connectivity index (χ0n) is 11.9. The average molecular weight is 269 g/mol. The van der Waals surface area contributed by atoms with E-state index in [1.54, 1.807) is 7.05 Å². The van der Waals surface area contributed by atoms with Crippen LogP contribution in [0.15, 0.2) is 5.10 Å². The Kier molecular flexibility index (Phi) is 5.47. The first kappa shape index (κ1) is 15.6. The van der Waals surface area contributed by atoms with Crippen molar-refractivity contribution < 1.29 is 14.7 Å². The molecule has 0 unspecified atom stereocenters. The summed E-state index contributed by atoms with van der Waals surface area (Å²) in [6.45, 7) is 4.46. The van der Waals surface area contributed by atoms with Gasteiger partial charge in [0.2, 0.25) is 5.91 Å². The number of hydrazone groups is 1. The predicted octanol–water partition coefficient (Wildman–Crippen LogP) is 0.509. The maximum Gasteiger partial charge on any atom is 0.267 e. The third-order valence-corrected chi connectivity index (χ3v) is 3.93. The van der Waals surface area contributed by atoms with Gasteiger partial charge in [-0.05, 0) is 12.8 Å². The van der Waals surface area contributed by atoms with Gasteiger partial charge in [-0.1, -0.05) is 13.8 Å². The molecule has 0 aromatic carbocycles. The number of aliphatic hydroxyl groups excluding tert-OH is 1. The number of carbonyl (C=O) groups is 2. The van der Waals surface area contributed by atoms with Crippen LogP contribution in [0.4, 0.5) is 0 Å². The van der Waals surface area contributed by atoms with Gasteiger partial charge in [0.15, 0.2) is 0 Å². The topological polar surface area (TPSA) is 82.0 Å². The summed E-state index contributed by atoms with van der Waals surface area (Å²) in [5.74, 6) is -0.331. The molecule has 0 aromatic heterocycles. The van der Waals surface area contributed by atoms with Crippen molar-refractivity contribution in [2.75, 3.05) is 20.2 Å². The lowest BCUT2D eigenvalue weighted by Gasteiger charge is -2.29. The Morgan fingerprint density at radius 1 is 1.42 bits per heavy atom. The van der Waals surface area contributed by atoms with Crippen LogP contribution in [0.2, 0.25) is 0 Å². The maximum absolute atomic E-state index is 12.0. The molecular weight excluding hydrogens is 246 g/mol. The Labute approximate surface area is 113 Å². The van der Waals surface area contributed by atoms with Gasteiger partial charge in [0.25, 0.3) is 5.91 Å². The lowest BCUT2D eigenvalue weighted by molar-refractivity contribution is -0.130. The lowest BCUT2D eigenvalue weighted by atomic mass is 9.83. The number of aliphatic hydroxyl groups is 1. The monoisotopic (exact) mass is 269 g/mol. The molecule has 19 heavy (non-hydrogen) atoms. The van der Waals surface area contributed by atoms with Crippen molar-refractivity contribution in [2.45, 2.75) is 39.5 Å². The largest absolute Gasteiger partial charge is 0.396 e. The van der Waals surface area contributed by atoms with Crippen LogP contribution in [0, 0.1) is 5.41 Å². The SMILES string of the molecule is CCC(CC)(CO)CNC(=O)C1=NN(C)C(=O)CC1. The number of carbonyl (C=O) groups excluding carboxylic acids is 2. The fourth-order valence-corrected chi connectivity index (χ4v) is 1.98. The molecular formula is C13H23N3O3. The molecule has 0 bridgehead atoms. The molecule has 2 amide bonds. The van der Waals surface area contributed by atoms with Crippen LogP contribution < -0.4 is 5.32 Å². The molecule has 0 radical (unpaired) electrons. The number of rotatable bonds is 6. The standard InChI is InChI=1S/C13H23N3O3/c1-4-13(5-2,9-17)8-14-12(19)10-6-7-11(18)16(3)15-10/h17H,4-9H2,1-3H3,(H,14,19). The van der Waals surface area contributed by atoms with Crippen LogP contribution in [0.25, 0.3) is 0 Å². The van der Waals surface area contributed by atoms with Crippen molar-refractivity contribution in [1.82, 2.24) is 10.3 Å². The molecule has 108 valence electrons. The van der Waals surface area contributed by atoms with E-state index in [4.69, 9.17) is 0 Å². The van der Waals surface area contributed by atoms with Crippen molar-refractivity contribution in [1.29, 1.82) is 0 Å². The van der Waals surface area contributed by atoms with Crippen LogP contribution in [0.3, 0.4) is 0 Å². The van der Waals surface area contributed by atoms with E-state index in [1.807, 2.05) is 13.8 Å². The van der Waals surface area contributed by atoms with Gasteiger partial charge in [0.05, 0.1) is 6.61 Å². The van der Waals surface area contributed by atoms with E-state index >= 15 is 0 Å². The molecule has 0 saturated carbocycles. The van der Waals surface area contributed by atoms with E-state index in [-0.39, 0.29) is 23.8 Å². The van der Waals surface area contributed by atoms with Crippen molar-refractivity contribution in [3.05, 3.63) is 0 Å². The van der Waals surface area contributed by atoms with Gasteiger partial charge in [0.1, 0.15) is 5.71 Å². The molecule has 1 aliphatic rings. The number of nitrogens with zero attached hydrogens (tertiary/aromatic N) is 2. The number of amides is 2. The zero-order chi connectivity index (χ0) is 14.5.